The lowest BCUT2D eigenvalue weighted by atomic mass is 9.79. The molecule has 0 bridgehead atoms. The second-order valence-electron chi connectivity index (χ2n) is 3.95. The summed E-state index contributed by atoms with van der Waals surface area (Å²) in [5.74, 6) is 0.653. The normalized spacial score (nSPS) is 39.0. The molecule has 0 saturated heterocycles. The molecule has 2 nitrogen and oxygen atoms in total. The summed E-state index contributed by atoms with van der Waals surface area (Å²) < 4.78 is 0. The Morgan fingerprint density at radius 2 is 1.91 bits per heavy atom. The van der Waals surface area contributed by atoms with Gasteiger partial charge in [0.2, 0.25) is 0 Å². The van der Waals surface area contributed by atoms with Crippen molar-refractivity contribution in [3.63, 3.8) is 0 Å². The van der Waals surface area contributed by atoms with E-state index in [1.54, 1.807) is 0 Å². The van der Waals surface area contributed by atoms with Gasteiger partial charge in [0.25, 0.3) is 0 Å². The van der Waals surface area contributed by atoms with Crippen molar-refractivity contribution >= 4 is 0 Å². The molecule has 2 heteroatoms. The van der Waals surface area contributed by atoms with Crippen LogP contribution in [0.5, 0.6) is 0 Å². The Kier molecular flexibility index (Phi) is 2.90. The van der Waals surface area contributed by atoms with Crippen LogP contribution in [0, 0.1) is 5.92 Å². The average molecular weight is 158 g/mol. The third kappa shape index (κ3) is 2.80. The van der Waals surface area contributed by atoms with Crippen molar-refractivity contribution in [2.75, 3.05) is 6.61 Å². The molecule has 0 radical (unpaired) electrons. The monoisotopic (exact) mass is 158 g/mol. The van der Waals surface area contributed by atoms with Crippen LogP contribution in [0.1, 0.15) is 39.0 Å². The molecule has 1 saturated carbocycles. The topological polar surface area (TPSA) is 40.5 Å². The van der Waals surface area contributed by atoms with E-state index in [4.69, 9.17) is 5.11 Å². The van der Waals surface area contributed by atoms with Crippen LogP contribution >= 0.6 is 0 Å². The molecule has 2 N–H and O–H groups in total. The summed E-state index contributed by atoms with van der Waals surface area (Å²) in [4.78, 5) is 0. The fraction of sp³-hybridized carbons (Fsp3) is 1.00. The standard InChI is InChI=1S/C9H18O2/c1-9(11)5-2-8(3-6-9)4-7-10/h8,10-11H,2-7H2,1H3/t8-,9+. The van der Waals surface area contributed by atoms with E-state index in [1.807, 2.05) is 6.92 Å². The summed E-state index contributed by atoms with van der Waals surface area (Å²) in [5.41, 5.74) is -0.425. The number of hydrogen-bond donors (Lipinski definition) is 2. The Balaban J connectivity index is 2.25. The van der Waals surface area contributed by atoms with Gasteiger partial charge in [-0.05, 0) is 44.9 Å². The molecule has 1 fully saturated rings. The summed E-state index contributed by atoms with van der Waals surface area (Å²) in [6.45, 7) is 2.20. The highest BCUT2D eigenvalue weighted by Gasteiger charge is 2.27. The van der Waals surface area contributed by atoms with E-state index in [0.29, 0.717) is 12.5 Å². The minimum absolute atomic E-state index is 0.298. The third-order valence-electron chi connectivity index (χ3n) is 2.72. The second-order valence-corrected chi connectivity index (χ2v) is 3.95. The van der Waals surface area contributed by atoms with Gasteiger partial charge >= 0.3 is 0 Å². The fourth-order valence-electron chi connectivity index (χ4n) is 1.77. The first kappa shape index (κ1) is 9.01. The van der Waals surface area contributed by atoms with Crippen LogP contribution in [0.25, 0.3) is 0 Å². The van der Waals surface area contributed by atoms with Crippen molar-refractivity contribution in [1.82, 2.24) is 0 Å². The maximum atomic E-state index is 9.60. The lowest BCUT2D eigenvalue weighted by molar-refractivity contribution is 0.00481. The Morgan fingerprint density at radius 1 is 1.36 bits per heavy atom. The first-order valence-electron chi connectivity index (χ1n) is 4.47. The van der Waals surface area contributed by atoms with Gasteiger partial charge in [-0.3, -0.25) is 0 Å². The molecule has 0 atom stereocenters. The Bertz CT molecular complexity index is 111. The SMILES string of the molecule is C[C@]1(O)CC[C@@H](CCO)CC1. The highest BCUT2D eigenvalue weighted by molar-refractivity contribution is 4.80. The molecule has 0 aromatic heterocycles. The van der Waals surface area contributed by atoms with E-state index in [-0.39, 0.29) is 0 Å². The molecule has 0 amide bonds. The summed E-state index contributed by atoms with van der Waals surface area (Å²) in [6.07, 6.45) is 4.87. The zero-order valence-electron chi connectivity index (χ0n) is 7.21. The number of aliphatic hydroxyl groups excluding tert-OH is 1. The minimum Gasteiger partial charge on any atom is -0.396 e. The van der Waals surface area contributed by atoms with E-state index in [2.05, 4.69) is 0 Å². The molecule has 0 aromatic carbocycles. The summed E-state index contributed by atoms with van der Waals surface area (Å²) >= 11 is 0. The molecule has 66 valence electrons. The van der Waals surface area contributed by atoms with Crippen molar-refractivity contribution in [3.8, 4) is 0 Å². The van der Waals surface area contributed by atoms with E-state index < -0.39 is 5.60 Å². The maximum Gasteiger partial charge on any atom is 0.0620 e. The largest absolute Gasteiger partial charge is 0.396 e. The van der Waals surface area contributed by atoms with Crippen molar-refractivity contribution in [3.05, 3.63) is 0 Å². The smallest absolute Gasteiger partial charge is 0.0620 e. The molecule has 1 aliphatic carbocycles. The van der Waals surface area contributed by atoms with Crippen LogP contribution in [0.4, 0.5) is 0 Å². The lowest BCUT2D eigenvalue weighted by Gasteiger charge is -2.32. The average Bonchev–Trinajstić information content (AvgIpc) is 1.94. The van der Waals surface area contributed by atoms with Crippen molar-refractivity contribution in [2.45, 2.75) is 44.6 Å². The molecule has 0 aliphatic heterocycles. The van der Waals surface area contributed by atoms with E-state index in [0.717, 1.165) is 32.1 Å². The molecular formula is C9H18O2. The maximum absolute atomic E-state index is 9.60. The highest BCUT2D eigenvalue weighted by Crippen LogP contribution is 2.32. The van der Waals surface area contributed by atoms with Gasteiger partial charge in [-0.15, -0.1) is 0 Å². The van der Waals surface area contributed by atoms with Gasteiger partial charge in [0, 0.05) is 6.61 Å². The molecule has 0 unspecified atom stereocenters. The molecule has 1 aliphatic rings. The van der Waals surface area contributed by atoms with E-state index in [1.165, 1.54) is 0 Å². The predicted octanol–water partition coefficient (Wildman–Crippen LogP) is 1.31. The van der Waals surface area contributed by atoms with Gasteiger partial charge in [-0.25, -0.2) is 0 Å². The van der Waals surface area contributed by atoms with E-state index in [9.17, 15) is 5.11 Å². The lowest BCUT2D eigenvalue weighted by Crippen LogP contribution is -2.30. The minimum atomic E-state index is -0.425. The Hall–Kier alpha value is -0.0800. The molecule has 1 rings (SSSR count). The Labute approximate surface area is 68.2 Å². The van der Waals surface area contributed by atoms with Crippen molar-refractivity contribution in [1.29, 1.82) is 0 Å². The molecule has 0 heterocycles. The zero-order chi connectivity index (χ0) is 8.32. The fourth-order valence-corrected chi connectivity index (χ4v) is 1.77. The van der Waals surface area contributed by atoms with Gasteiger partial charge in [0.15, 0.2) is 0 Å². The summed E-state index contributed by atoms with van der Waals surface area (Å²) in [7, 11) is 0. The van der Waals surface area contributed by atoms with Crippen LogP contribution in [-0.2, 0) is 0 Å². The van der Waals surface area contributed by atoms with Gasteiger partial charge in [0.1, 0.15) is 0 Å². The van der Waals surface area contributed by atoms with Gasteiger partial charge < -0.3 is 10.2 Å². The molecule has 0 spiro atoms. The van der Waals surface area contributed by atoms with Gasteiger partial charge in [-0.2, -0.15) is 0 Å². The first-order valence-corrected chi connectivity index (χ1v) is 4.47. The highest BCUT2D eigenvalue weighted by atomic mass is 16.3. The predicted molar refractivity (Wildman–Crippen MR) is 44.3 cm³/mol. The van der Waals surface area contributed by atoms with Crippen LogP contribution in [0.3, 0.4) is 0 Å². The van der Waals surface area contributed by atoms with Crippen LogP contribution in [-0.4, -0.2) is 22.4 Å². The zero-order valence-corrected chi connectivity index (χ0v) is 7.21. The summed E-state index contributed by atoms with van der Waals surface area (Å²) in [6, 6.07) is 0. The second kappa shape index (κ2) is 3.55. The van der Waals surface area contributed by atoms with Crippen molar-refractivity contribution in [2.24, 2.45) is 5.92 Å². The van der Waals surface area contributed by atoms with Crippen LogP contribution in [0.15, 0.2) is 0 Å². The number of hydrogen-bond acceptors (Lipinski definition) is 2. The molecule has 11 heavy (non-hydrogen) atoms. The van der Waals surface area contributed by atoms with Crippen LogP contribution in [0.2, 0.25) is 0 Å². The molecular weight excluding hydrogens is 140 g/mol. The van der Waals surface area contributed by atoms with Crippen LogP contribution < -0.4 is 0 Å². The molecule has 0 aromatic rings. The van der Waals surface area contributed by atoms with Crippen molar-refractivity contribution < 1.29 is 10.2 Å². The van der Waals surface area contributed by atoms with Gasteiger partial charge in [-0.1, -0.05) is 0 Å². The first-order chi connectivity index (χ1) is 5.14. The Morgan fingerprint density at radius 3 is 2.36 bits per heavy atom. The van der Waals surface area contributed by atoms with Gasteiger partial charge in [0.05, 0.1) is 5.60 Å². The summed E-state index contributed by atoms with van der Waals surface area (Å²) in [5, 5.41) is 18.3. The number of rotatable bonds is 2. The van der Waals surface area contributed by atoms with E-state index >= 15 is 0 Å². The third-order valence-corrected chi connectivity index (χ3v) is 2.72. The quantitative estimate of drug-likeness (QED) is 0.636. The number of aliphatic hydroxyl groups is 2.